The quantitative estimate of drug-likeness (QED) is 0.368. The normalized spacial score (nSPS) is 10.4. The SMILES string of the molecule is CCCNc1ccc([N+](=O)[O-])c(NCCCCCSC)n1. The predicted molar refractivity (Wildman–Crippen MR) is 90.4 cm³/mol. The summed E-state index contributed by atoms with van der Waals surface area (Å²) in [6, 6.07) is 3.15. The number of nitrogens with one attached hydrogen (secondary N) is 2. The van der Waals surface area contributed by atoms with Gasteiger partial charge < -0.3 is 10.6 Å². The van der Waals surface area contributed by atoms with Gasteiger partial charge in [-0.3, -0.25) is 10.1 Å². The zero-order valence-corrected chi connectivity index (χ0v) is 13.5. The number of hydrogen-bond acceptors (Lipinski definition) is 6. The molecule has 0 saturated heterocycles. The second kappa shape index (κ2) is 10.3. The molecule has 2 N–H and O–H groups in total. The van der Waals surface area contributed by atoms with Gasteiger partial charge in [-0.1, -0.05) is 13.3 Å². The molecule has 1 aromatic rings. The summed E-state index contributed by atoms with van der Waals surface area (Å²) in [4.78, 5) is 14.9. The first kappa shape index (κ1) is 17.6. The molecule has 21 heavy (non-hydrogen) atoms. The molecule has 6 nitrogen and oxygen atoms in total. The molecule has 0 aliphatic rings. The minimum atomic E-state index is -0.396. The Morgan fingerprint density at radius 1 is 1.24 bits per heavy atom. The molecule has 0 bridgehead atoms. The fourth-order valence-electron chi connectivity index (χ4n) is 1.84. The number of pyridine rings is 1. The van der Waals surface area contributed by atoms with E-state index in [0.29, 0.717) is 18.2 Å². The first-order valence-electron chi connectivity index (χ1n) is 7.31. The first-order chi connectivity index (χ1) is 10.2. The molecule has 0 aliphatic carbocycles. The number of anilines is 2. The smallest absolute Gasteiger partial charge is 0.311 e. The van der Waals surface area contributed by atoms with Gasteiger partial charge in [-0.2, -0.15) is 11.8 Å². The van der Waals surface area contributed by atoms with Crippen molar-refractivity contribution in [2.75, 3.05) is 35.7 Å². The monoisotopic (exact) mass is 312 g/mol. The number of nitrogens with zero attached hydrogens (tertiary/aromatic N) is 2. The third-order valence-electron chi connectivity index (χ3n) is 2.94. The molecule has 0 amide bonds. The molecule has 0 atom stereocenters. The van der Waals surface area contributed by atoms with Gasteiger partial charge in [0.15, 0.2) is 0 Å². The van der Waals surface area contributed by atoms with Crippen molar-refractivity contribution in [3.05, 3.63) is 22.2 Å². The molecule has 1 heterocycles. The Labute approximate surface area is 130 Å². The van der Waals surface area contributed by atoms with E-state index in [1.54, 1.807) is 6.07 Å². The average Bonchev–Trinajstić information content (AvgIpc) is 2.48. The van der Waals surface area contributed by atoms with Crippen LogP contribution < -0.4 is 10.6 Å². The summed E-state index contributed by atoms with van der Waals surface area (Å²) in [7, 11) is 0. The molecule has 0 aliphatic heterocycles. The summed E-state index contributed by atoms with van der Waals surface area (Å²) in [5.41, 5.74) is 0.0289. The zero-order valence-electron chi connectivity index (χ0n) is 12.7. The third kappa shape index (κ3) is 6.66. The summed E-state index contributed by atoms with van der Waals surface area (Å²) in [5.74, 6) is 2.19. The molecule has 118 valence electrons. The maximum Gasteiger partial charge on any atom is 0.311 e. The van der Waals surface area contributed by atoms with E-state index in [1.165, 1.54) is 12.5 Å². The van der Waals surface area contributed by atoms with Crippen LogP contribution in [0, 0.1) is 10.1 Å². The van der Waals surface area contributed by atoms with Crippen molar-refractivity contribution >= 4 is 29.1 Å². The van der Waals surface area contributed by atoms with Crippen molar-refractivity contribution in [2.24, 2.45) is 0 Å². The molecule has 0 aromatic carbocycles. The lowest BCUT2D eigenvalue weighted by Crippen LogP contribution is -2.09. The Bertz CT molecular complexity index is 443. The number of aromatic nitrogens is 1. The van der Waals surface area contributed by atoms with E-state index in [0.717, 1.165) is 31.6 Å². The van der Waals surface area contributed by atoms with Gasteiger partial charge in [-0.25, -0.2) is 4.98 Å². The highest BCUT2D eigenvalue weighted by Crippen LogP contribution is 2.24. The van der Waals surface area contributed by atoms with Crippen LogP contribution in [0.5, 0.6) is 0 Å². The number of rotatable bonds is 11. The molecule has 7 heteroatoms. The van der Waals surface area contributed by atoms with Gasteiger partial charge in [0, 0.05) is 19.2 Å². The highest BCUT2D eigenvalue weighted by Gasteiger charge is 2.15. The van der Waals surface area contributed by atoms with Crippen LogP contribution in [0.3, 0.4) is 0 Å². The summed E-state index contributed by atoms with van der Waals surface area (Å²) in [5, 5.41) is 17.3. The Morgan fingerprint density at radius 2 is 2.05 bits per heavy atom. The van der Waals surface area contributed by atoms with E-state index in [-0.39, 0.29) is 5.69 Å². The number of nitro groups is 1. The van der Waals surface area contributed by atoms with Crippen LogP contribution in [0.15, 0.2) is 12.1 Å². The summed E-state index contributed by atoms with van der Waals surface area (Å²) in [6.07, 6.45) is 6.37. The molecule has 0 radical (unpaired) electrons. The molecule has 0 unspecified atom stereocenters. The molecule has 0 spiro atoms. The summed E-state index contributed by atoms with van der Waals surface area (Å²) >= 11 is 1.84. The Kier molecular flexibility index (Phi) is 8.57. The molecule has 0 fully saturated rings. The topological polar surface area (TPSA) is 80.1 Å². The van der Waals surface area contributed by atoms with E-state index in [9.17, 15) is 10.1 Å². The van der Waals surface area contributed by atoms with Crippen LogP contribution in [0.1, 0.15) is 32.6 Å². The highest BCUT2D eigenvalue weighted by atomic mass is 32.2. The zero-order chi connectivity index (χ0) is 15.5. The van der Waals surface area contributed by atoms with E-state index < -0.39 is 4.92 Å². The second-order valence-electron chi connectivity index (χ2n) is 4.73. The van der Waals surface area contributed by atoms with Crippen LogP contribution in [0.25, 0.3) is 0 Å². The molecular formula is C14H24N4O2S. The van der Waals surface area contributed by atoms with Gasteiger partial charge in [-0.15, -0.1) is 0 Å². The van der Waals surface area contributed by atoms with Crippen LogP contribution >= 0.6 is 11.8 Å². The number of thioether (sulfide) groups is 1. The largest absolute Gasteiger partial charge is 0.370 e. The van der Waals surface area contributed by atoms with E-state index >= 15 is 0 Å². The molecule has 1 aromatic heterocycles. The second-order valence-corrected chi connectivity index (χ2v) is 5.71. The van der Waals surface area contributed by atoms with Crippen molar-refractivity contribution < 1.29 is 4.92 Å². The maximum atomic E-state index is 11.0. The van der Waals surface area contributed by atoms with Gasteiger partial charge in [0.1, 0.15) is 5.82 Å². The van der Waals surface area contributed by atoms with Crippen LogP contribution in [0.4, 0.5) is 17.3 Å². The van der Waals surface area contributed by atoms with Crippen molar-refractivity contribution in [3.63, 3.8) is 0 Å². The minimum Gasteiger partial charge on any atom is -0.370 e. The minimum absolute atomic E-state index is 0.0289. The average molecular weight is 312 g/mol. The van der Waals surface area contributed by atoms with E-state index in [1.807, 2.05) is 11.8 Å². The number of unbranched alkanes of at least 4 members (excludes halogenated alkanes) is 2. The Balaban J connectivity index is 2.57. The maximum absolute atomic E-state index is 11.0. The van der Waals surface area contributed by atoms with Gasteiger partial charge >= 0.3 is 5.69 Å². The summed E-state index contributed by atoms with van der Waals surface area (Å²) in [6.45, 7) is 3.57. The highest BCUT2D eigenvalue weighted by molar-refractivity contribution is 7.98. The fraction of sp³-hybridized carbons (Fsp3) is 0.643. The van der Waals surface area contributed by atoms with Crippen molar-refractivity contribution in [1.29, 1.82) is 0 Å². The van der Waals surface area contributed by atoms with Crippen LogP contribution in [0.2, 0.25) is 0 Å². The van der Waals surface area contributed by atoms with Gasteiger partial charge in [0.05, 0.1) is 4.92 Å². The predicted octanol–water partition coefficient (Wildman–Crippen LogP) is 3.76. The van der Waals surface area contributed by atoms with Gasteiger partial charge in [0.2, 0.25) is 5.82 Å². The standard InChI is InChI=1S/C14H24N4O2S/c1-3-9-15-13-8-7-12(18(19)20)14(17-13)16-10-5-4-6-11-21-2/h7-8H,3-6,9-11H2,1-2H3,(H2,15,16,17). The number of hydrogen-bond donors (Lipinski definition) is 2. The fourth-order valence-corrected chi connectivity index (χ4v) is 2.33. The van der Waals surface area contributed by atoms with Gasteiger partial charge in [-0.05, 0) is 37.3 Å². The molecule has 0 saturated carbocycles. The van der Waals surface area contributed by atoms with E-state index in [4.69, 9.17) is 0 Å². The van der Waals surface area contributed by atoms with E-state index in [2.05, 4.69) is 28.8 Å². The molecule has 1 rings (SSSR count). The van der Waals surface area contributed by atoms with Crippen molar-refractivity contribution in [2.45, 2.75) is 32.6 Å². The van der Waals surface area contributed by atoms with Crippen LogP contribution in [-0.4, -0.2) is 35.0 Å². The summed E-state index contributed by atoms with van der Waals surface area (Å²) < 4.78 is 0. The van der Waals surface area contributed by atoms with Crippen LogP contribution in [-0.2, 0) is 0 Å². The molecular weight excluding hydrogens is 288 g/mol. The third-order valence-corrected chi connectivity index (χ3v) is 3.64. The van der Waals surface area contributed by atoms with Crippen molar-refractivity contribution in [3.8, 4) is 0 Å². The first-order valence-corrected chi connectivity index (χ1v) is 8.70. The Hall–Kier alpha value is -1.50. The van der Waals surface area contributed by atoms with Gasteiger partial charge in [0.25, 0.3) is 0 Å². The van der Waals surface area contributed by atoms with Crippen molar-refractivity contribution in [1.82, 2.24) is 4.98 Å². The lowest BCUT2D eigenvalue weighted by atomic mass is 10.2. The lowest BCUT2D eigenvalue weighted by Gasteiger charge is -2.09. The Morgan fingerprint density at radius 3 is 2.71 bits per heavy atom. The lowest BCUT2D eigenvalue weighted by molar-refractivity contribution is -0.384.